The fourth-order valence-corrected chi connectivity index (χ4v) is 4.04. The van der Waals surface area contributed by atoms with E-state index in [0.29, 0.717) is 11.6 Å². The molecule has 0 fully saturated rings. The molecule has 0 aliphatic rings. The van der Waals surface area contributed by atoms with Gasteiger partial charge in [0.05, 0.1) is 11.4 Å². The lowest BCUT2D eigenvalue weighted by atomic mass is 9.87. The summed E-state index contributed by atoms with van der Waals surface area (Å²) in [6, 6.07) is 13.8. The zero-order valence-corrected chi connectivity index (χ0v) is 19.0. The van der Waals surface area contributed by atoms with Gasteiger partial charge in [-0.25, -0.2) is 8.42 Å². The fraction of sp³-hybridized carbons (Fsp3) is 0.318. The van der Waals surface area contributed by atoms with Gasteiger partial charge in [-0.1, -0.05) is 32.9 Å². The molecule has 31 heavy (non-hydrogen) atoms. The van der Waals surface area contributed by atoms with E-state index < -0.39 is 10.0 Å². The first-order chi connectivity index (χ1) is 14.5. The van der Waals surface area contributed by atoms with Crippen molar-refractivity contribution in [2.45, 2.75) is 44.6 Å². The summed E-state index contributed by atoms with van der Waals surface area (Å²) in [5.41, 5.74) is 2.51. The molecule has 1 N–H and O–H groups in total. The molecule has 0 radical (unpaired) electrons. The third-order valence-electron chi connectivity index (χ3n) is 4.71. The van der Waals surface area contributed by atoms with Crippen LogP contribution in [0.15, 0.2) is 57.8 Å². The van der Waals surface area contributed by atoms with Crippen molar-refractivity contribution >= 4 is 21.6 Å². The zero-order chi connectivity index (χ0) is 22.8. The number of carbonyl (C=O) groups is 1. The molecule has 0 aliphatic heterocycles. The van der Waals surface area contributed by atoms with Crippen molar-refractivity contribution in [2.75, 3.05) is 12.4 Å². The zero-order valence-electron chi connectivity index (χ0n) is 18.2. The van der Waals surface area contributed by atoms with Gasteiger partial charge in [0.1, 0.15) is 0 Å². The van der Waals surface area contributed by atoms with Crippen LogP contribution in [0.1, 0.15) is 39.1 Å². The van der Waals surface area contributed by atoms with Crippen LogP contribution in [0.5, 0.6) is 0 Å². The van der Waals surface area contributed by atoms with E-state index in [1.165, 1.54) is 43.8 Å². The van der Waals surface area contributed by atoms with Crippen molar-refractivity contribution in [3.05, 3.63) is 60.0 Å². The Bertz CT molecular complexity index is 1160. The summed E-state index contributed by atoms with van der Waals surface area (Å²) in [4.78, 5) is 11.2. The maximum absolute atomic E-state index is 12.8. The lowest BCUT2D eigenvalue weighted by Gasteiger charge is -2.18. The Balaban J connectivity index is 1.72. The number of hydrogen-bond donors (Lipinski definition) is 1. The van der Waals surface area contributed by atoms with Crippen LogP contribution in [0.2, 0.25) is 0 Å². The van der Waals surface area contributed by atoms with Crippen LogP contribution in [0.4, 0.5) is 5.69 Å². The Morgan fingerprint density at radius 3 is 2.19 bits per heavy atom. The smallest absolute Gasteiger partial charge is 0.247 e. The summed E-state index contributed by atoms with van der Waals surface area (Å²) in [6.45, 7) is 7.72. The number of nitrogens with one attached hydrogen (secondary N) is 1. The van der Waals surface area contributed by atoms with Crippen LogP contribution in [0.3, 0.4) is 0 Å². The second-order valence-corrected chi connectivity index (χ2v) is 10.3. The van der Waals surface area contributed by atoms with E-state index in [0.717, 1.165) is 9.87 Å². The van der Waals surface area contributed by atoms with Gasteiger partial charge in [-0.05, 0) is 47.4 Å². The quantitative estimate of drug-likeness (QED) is 0.622. The minimum atomic E-state index is -3.77. The second-order valence-electron chi connectivity index (χ2n) is 8.29. The highest BCUT2D eigenvalue weighted by Crippen LogP contribution is 2.26. The highest BCUT2D eigenvalue weighted by atomic mass is 32.2. The van der Waals surface area contributed by atoms with Gasteiger partial charge in [0, 0.05) is 25.2 Å². The van der Waals surface area contributed by atoms with Gasteiger partial charge in [-0.2, -0.15) is 4.31 Å². The molecule has 2 aromatic carbocycles. The molecule has 8 nitrogen and oxygen atoms in total. The summed E-state index contributed by atoms with van der Waals surface area (Å²) in [5.74, 6) is 0.296. The Labute approximate surface area is 182 Å². The number of hydrogen-bond acceptors (Lipinski definition) is 6. The number of sulfonamides is 1. The average molecular weight is 443 g/mol. The van der Waals surface area contributed by atoms with Crippen molar-refractivity contribution in [3.8, 4) is 11.5 Å². The number of rotatable bonds is 6. The molecule has 0 unspecified atom stereocenters. The van der Waals surface area contributed by atoms with Crippen LogP contribution in [0, 0.1) is 0 Å². The number of benzene rings is 2. The Kier molecular flexibility index (Phi) is 6.28. The van der Waals surface area contributed by atoms with Crippen molar-refractivity contribution in [1.29, 1.82) is 0 Å². The van der Waals surface area contributed by atoms with E-state index in [4.69, 9.17) is 4.42 Å². The molecule has 0 aliphatic carbocycles. The fourth-order valence-electron chi connectivity index (χ4n) is 2.92. The lowest BCUT2D eigenvalue weighted by Crippen LogP contribution is -2.26. The summed E-state index contributed by atoms with van der Waals surface area (Å²) in [7, 11) is -2.32. The van der Waals surface area contributed by atoms with Crippen LogP contribution < -0.4 is 5.32 Å². The molecular formula is C22H26N4O4S. The van der Waals surface area contributed by atoms with E-state index in [2.05, 4.69) is 36.3 Å². The lowest BCUT2D eigenvalue weighted by molar-refractivity contribution is -0.114. The number of nitrogens with zero attached hydrogens (tertiary/aromatic N) is 3. The molecule has 0 bridgehead atoms. The molecule has 1 heterocycles. The predicted molar refractivity (Wildman–Crippen MR) is 118 cm³/mol. The van der Waals surface area contributed by atoms with Gasteiger partial charge >= 0.3 is 0 Å². The third kappa shape index (κ3) is 5.36. The van der Waals surface area contributed by atoms with Gasteiger partial charge in [0.2, 0.25) is 27.7 Å². The number of aromatic nitrogens is 2. The molecule has 0 spiro atoms. The molecule has 0 saturated carbocycles. The molecule has 3 aromatic rings. The minimum Gasteiger partial charge on any atom is -0.419 e. The Hall–Kier alpha value is -3.04. The van der Waals surface area contributed by atoms with E-state index >= 15 is 0 Å². The maximum Gasteiger partial charge on any atom is 0.247 e. The molecule has 9 heteroatoms. The normalized spacial score (nSPS) is 12.2. The van der Waals surface area contributed by atoms with E-state index in [-0.39, 0.29) is 28.7 Å². The van der Waals surface area contributed by atoms with E-state index in [9.17, 15) is 13.2 Å². The molecule has 0 saturated heterocycles. The first-order valence-electron chi connectivity index (χ1n) is 9.74. The topological polar surface area (TPSA) is 105 Å². The number of carbonyl (C=O) groups excluding carboxylic acids is 1. The summed E-state index contributed by atoms with van der Waals surface area (Å²) < 4.78 is 32.5. The van der Waals surface area contributed by atoms with Crippen LogP contribution in [-0.4, -0.2) is 35.9 Å². The molecule has 1 aromatic heterocycles. The molecular weight excluding hydrogens is 416 g/mol. The van der Waals surface area contributed by atoms with Crippen molar-refractivity contribution in [1.82, 2.24) is 14.5 Å². The molecule has 0 atom stereocenters. The summed E-state index contributed by atoms with van der Waals surface area (Å²) in [5, 5.41) is 10.6. The third-order valence-corrected chi connectivity index (χ3v) is 6.52. The van der Waals surface area contributed by atoms with E-state index in [1.807, 2.05) is 24.3 Å². The summed E-state index contributed by atoms with van der Waals surface area (Å²) >= 11 is 0. The summed E-state index contributed by atoms with van der Waals surface area (Å²) in [6.07, 6.45) is 0. The molecule has 164 valence electrons. The monoisotopic (exact) mass is 442 g/mol. The van der Waals surface area contributed by atoms with Gasteiger partial charge in [-0.3, -0.25) is 4.79 Å². The van der Waals surface area contributed by atoms with Crippen molar-refractivity contribution in [3.63, 3.8) is 0 Å². The van der Waals surface area contributed by atoms with Gasteiger partial charge in [-0.15, -0.1) is 10.2 Å². The highest BCUT2D eigenvalue weighted by Gasteiger charge is 2.23. The van der Waals surface area contributed by atoms with E-state index in [1.54, 1.807) is 0 Å². The van der Waals surface area contributed by atoms with Crippen LogP contribution >= 0.6 is 0 Å². The number of anilines is 1. The highest BCUT2D eigenvalue weighted by molar-refractivity contribution is 7.89. The number of amides is 1. The van der Waals surface area contributed by atoms with Gasteiger partial charge < -0.3 is 9.73 Å². The largest absolute Gasteiger partial charge is 0.419 e. The SMILES string of the molecule is CC(=O)Nc1ccc(S(=O)(=O)N(C)Cc2nnc(-c3ccc(C(C)(C)C)cc3)o2)cc1. The van der Waals surface area contributed by atoms with Crippen molar-refractivity contribution < 1.29 is 17.6 Å². The van der Waals surface area contributed by atoms with Gasteiger partial charge in [0.25, 0.3) is 0 Å². The van der Waals surface area contributed by atoms with Crippen molar-refractivity contribution in [2.24, 2.45) is 0 Å². The standard InChI is InChI=1S/C22H26N4O4S/c1-15(27)23-18-10-12-19(13-11-18)31(28,29)26(5)14-20-24-25-21(30-20)16-6-8-17(9-7-16)22(2,3)4/h6-13H,14H2,1-5H3,(H,23,27). The van der Waals surface area contributed by atoms with Gasteiger partial charge in [0.15, 0.2) is 0 Å². The Morgan fingerprint density at radius 1 is 1.03 bits per heavy atom. The molecule has 1 amide bonds. The average Bonchev–Trinajstić information content (AvgIpc) is 3.16. The van der Waals surface area contributed by atoms with Crippen LogP contribution in [-0.2, 0) is 26.8 Å². The first kappa shape index (κ1) is 22.6. The second kappa shape index (κ2) is 8.60. The first-order valence-corrected chi connectivity index (χ1v) is 11.2. The Morgan fingerprint density at radius 2 is 1.65 bits per heavy atom. The predicted octanol–water partition coefficient (Wildman–Crippen LogP) is 3.81. The van der Waals surface area contributed by atoms with Crippen LogP contribution in [0.25, 0.3) is 11.5 Å². The molecule has 3 rings (SSSR count). The minimum absolute atomic E-state index is 0.0376. The maximum atomic E-state index is 12.8.